The van der Waals surface area contributed by atoms with Gasteiger partial charge in [0.25, 0.3) is 0 Å². The number of halogens is 1. The lowest BCUT2D eigenvalue weighted by Gasteiger charge is -2.04. The van der Waals surface area contributed by atoms with Crippen LogP contribution in [0.25, 0.3) is 11.0 Å². The van der Waals surface area contributed by atoms with E-state index in [1.54, 1.807) is 12.1 Å². The van der Waals surface area contributed by atoms with Crippen LogP contribution in [-0.2, 0) is 16.1 Å². The first-order valence-electron chi connectivity index (χ1n) is 7.32. The van der Waals surface area contributed by atoms with Crippen LogP contribution in [0.2, 0.25) is 0 Å². The van der Waals surface area contributed by atoms with E-state index in [0.29, 0.717) is 21.1 Å². The Balaban J connectivity index is 1.72. The summed E-state index contributed by atoms with van der Waals surface area (Å²) in [5.41, 5.74) is 2.40. The average Bonchev–Trinajstić information content (AvgIpc) is 3.03. The van der Waals surface area contributed by atoms with Crippen LogP contribution in [0.1, 0.15) is 15.9 Å². The molecule has 0 radical (unpaired) electrons. The Morgan fingerprint density at radius 1 is 1.24 bits per heavy atom. The zero-order chi connectivity index (χ0) is 17.8. The van der Waals surface area contributed by atoms with Gasteiger partial charge in [-0.2, -0.15) is 0 Å². The molecule has 7 nitrogen and oxygen atoms in total. The minimum Gasteiger partial charge on any atom is -0.465 e. The number of hydrogen-bond donors (Lipinski definition) is 2. The molecule has 0 atom stereocenters. The van der Waals surface area contributed by atoms with E-state index in [-0.39, 0.29) is 12.6 Å². The summed E-state index contributed by atoms with van der Waals surface area (Å²) in [6, 6.07) is 12.5. The Morgan fingerprint density at radius 3 is 2.72 bits per heavy atom. The number of hydrogen-bond acceptors (Lipinski definition) is 5. The average molecular weight is 404 g/mol. The van der Waals surface area contributed by atoms with Crippen LogP contribution in [0, 0.1) is 0 Å². The van der Waals surface area contributed by atoms with E-state index in [2.05, 4.69) is 31.2 Å². The highest BCUT2D eigenvalue weighted by atomic mass is 79.9. The number of fused-ring (bicyclic) bond motifs is 1. The molecule has 3 aromatic rings. The first-order chi connectivity index (χ1) is 12.1. The molecular formula is C17H14BrN3O4. The Bertz CT molecular complexity index is 924. The first-order valence-corrected chi connectivity index (χ1v) is 8.11. The van der Waals surface area contributed by atoms with E-state index < -0.39 is 12.1 Å². The summed E-state index contributed by atoms with van der Waals surface area (Å²) in [5.74, 6) is -0.246. The lowest BCUT2D eigenvalue weighted by molar-refractivity contribution is 0.0600. The van der Waals surface area contributed by atoms with E-state index in [0.717, 1.165) is 5.56 Å². The van der Waals surface area contributed by atoms with Crippen LogP contribution >= 0.6 is 15.9 Å². The van der Waals surface area contributed by atoms with Crippen molar-refractivity contribution >= 4 is 45.0 Å². The molecule has 2 aromatic carbocycles. The number of carbonyl (C=O) groups excluding carboxylic acids is 2. The van der Waals surface area contributed by atoms with Crippen molar-refractivity contribution < 1.29 is 19.1 Å². The Morgan fingerprint density at radius 2 is 2.00 bits per heavy atom. The number of aromatic amines is 1. The lowest BCUT2D eigenvalue weighted by atomic mass is 10.2. The standard InChI is InChI=1S/C17H14BrN3O4/c1-24-15(22)11-7-12(18)14-13(8-11)19-16(20-14)21-17(23)25-9-10-5-3-2-4-6-10/h2-8H,9H2,1H3,(H2,19,20,21,23). The number of esters is 1. The van der Waals surface area contributed by atoms with Gasteiger partial charge in [0.1, 0.15) is 12.1 Å². The van der Waals surface area contributed by atoms with E-state index in [4.69, 9.17) is 9.47 Å². The third kappa shape index (κ3) is 3.97. The fourth-order valence-corrected chi connectivity index (χ4v) is 2.77. The van der Waals surface area contributed by atoms with E-state index in [1.807, 2.05) is 30.3 Å². The number of H-pyrrole nitrogens is 1. The molecule has 2 N–H and O–H groups in total. The van der Waals surface area contributed by atoms with Crippen LogP contribution in [0.15, 0.2) is 46.9 Å². The van der Waals surface area contributed by atoms with Gasteiger partial charge in [-0.1, -0.05) is 30.3 Å². The van der Waals surface area contributed by atoms with Gasteiger partial charge in [0.2, 0.25) is 5.95 Å². The van der Waals surface area contributed by atoms with Crippen LogP contribution < -0.4 is 5.32 Å². The van der Waals surface area contributed by atoms with Crippen molar-refractivity contribution in [3.05, 3.63) is 58.1 Å². The minimum absolute atomic E-state index is 0.156. The van der Waals surface area contributed by atoms with E-state index in [9.17, 15) is 9.59 Å². The number of amides is 1. The molecule has 1 amide bonds. The molecule has 8 heteroatoms. The number of imidazole rings is 1. The monoisotopic (exact) mass is 403 g/mol. The molecule has 3 rings (SSSR count). The third-order valence-corrected chi connectivity index (χ3v) is 4.00. The number of nitrogens with one attached hydrogen (secondary N) is 2. The van der Waals surface area contributed by atoms with Crippen molar-refractivity contribution in [2.24, 2.45) is 0 Å². The van der Waals surface area contributed by atoms with Crippen LogP contribution in [0.5, 0.6) is 0 Å². The number of rotatable bonds is 4. The van der Waals surface area contributed by atoms with Crippen molar-refractivity contribution in [1.29, 1.82) is 0 Å². The van der Waals surface area contributed by atoms with Gasteiger partial charge < -0.3 is 14.5 Å². The summed E-state index contributed by atoms with van der Waals surface area (Å²) >= 11 is 3.35. The molecule has 0 aliphatic carbocycles. The molecule has 0 unspecified atom stereocenters. The quantitative estimate of drug-likeness (QED) is 0.645. The van der Waals surface area contributed by atoms with Gasteiger partial charge in [0.15, 0.2) is 0 Å². The number of methoxy groups -OCH3 is 1. The molecule has 0 aliphatic heterocycles. The summed E-state index contributed by atoms with van der Waals surface area (Å²) in [7, 11) is 1.31. The molecule has 0 saturated carbocycles. The molecule has 1 heterocycles. The van der Waals surface area contributed by atoms with Crippen LogP contribution in [-0.4, -0.2) is 29.1 Å². The Labute approximate surface area is 151 Å². The molecule has 0 aliphatic rings. The molecular weight excluding hydrogens is 390 g/mol. The molecule has 0 spiro atoms. The summed E-state index contributed by atoms with van der Waals surface area (Å²) < 4.78 is 10.4. The first kappa shape index (κ1) is 17.0. The minimum atomic E-state index is -0.632. The largest absolute Gasteiger partial charge is 0.465 e. The molecule has 0 bridgehead atoms. The number of benzene rings is 2. The predicted molar refractivity (Wildman–Crippen MR) is 95.4 cm³/mol. The van der Waals surface area contributed by atoms with Gasteiger partial charge in [-0.3, -0.25) is 5.32 Å². The smallest absolute Gasteiger partial charge is 0.414 e. The van der Waals surface area contributed by atoms with Gasteiger partial charge in [0, 0.05) is 4.47 Å². The van der Waals surface area contributed by atoms with E-state index in [1.165, 1.54) is 7.11 Å². The maximum atomic E-state index is 11.9. The summed E-state index contributed by atoms with van der Waals surface area (Å²) in [5, 5.41) is 2.53. The molecule has 25 heavy (non-hydrogen) atoms. The summed E-state index contributed by atoms with van der Waals surface area (Å²) in [6.07, 6.45) is -0.632. The maximum Gasteiger partial charge on any atom is 0.414 e. The van der Waals surface area contributed by atoms with Crippen molar-refractivity contribution in [1.82, 2.24) is 9.97 Å². The summed E-state index contributed by atoms with van der Waals surface area (Å²) in [6.45, 7) is 0.156. The predicted octanol–water partition coefficient (Wildman–Crippen LogP) is 3.86. The van der Waals surface area contributed by atoms with Gasteiger partial charge in [-0.15, -0.1) is 0 Å². The molecule has 128 valence electrons. The fraction of sp³-hybridized carbons (Fsp3) is 0.118. The highest BCUT2D eigenvalue weighted by Crippen LogP contribution is 2.26. The topological polar surface area (TPSA) is 93.3 Å². The van der Waals surface area contributed by atoms with Crippen molar-refractivity contribution in [3.8, 4) is 0 Å². The number of anilines is 1. The van der Waals surface area contributed by atoms with Crippen molar-refractivity contribution in [2.75, 3.05) is 12.4 Å². The van der Waals surface area contributed by atoms with Gasteiger partial charge in [-0.05, 0) is 33.6 Å². The second-order valence-electron chi connectivity index (χ2n) is 5.12. The normalized spacial score (nSPS) is 10.5. The molecule has 1 aromatic heterocycles. The Hall–Kier alpha value is -2.87. The number of carbonyl (C=O) groups is 2. The highest BCUT2D eigenvalue weighted by Gasteiger charge is 2.14. The fourth-order valence-electron chi connectivity index (χ4n) is 2.23. The number of ether oxygens (including phenoxy) is 2. The molecule has 0 fully saturated rings. The SMILES string of the molecule is COC(=O)c1cc(Br)c2nc(NC(=O)OCc3ccccc3)[nH]c2c1. The number of nitrogens with zero attached hydrogens (tertiary/aromatic N) is 1. The third-order valence-electron chi connectivity index (χ3n) is 3.39. The van der Waals surface area contributed by atoms with Crippen LogP contribution in [0.4, 0.5) is 10.7 Å². The van der Waals surface area contributed by atoms with Gasteiger partial charge in [0.05, 0.1) is 18.2 Å². The van der Waals surface area contributed by atoms with Crippen molar-refractivity contribution in [3.63, 3.8) is 0 Å². The zero-order valence-corrected chi connectivity index (χ0v) is 14.8. The van der Waals surface area contributed by atoms with Crippen molar-refractivity contribution in [2.45, 2.75) is 6.61 Å². The van der Waals surface area contributed by atoms with Gasteiger partial charge >= 0.3 is 12.1 Å². The zero-order valence-electron chi connectivity index (χ0n) is 13.2. The lowest BCUT2D eigenvalue weighted by Crippen LogP contribution is -2.14. The second kappa shape index (κ2) is 7.35. The summed E-state index contributed by atoms with van der Waals surface area (Å²) in [4.78, 5) is 30.7. The van der Waals surface area contributed by atoms with E-state index >= 15 is 0 Å². The van der Waals surface area contributed by atoms with Crippen LogP contribution in [0.3, 0.4) is 0 Å². The Kier molecular flexibility index (Phi) is 4.99. The molecule has 0 saturated heterocycles. The highest BCUT2D eigenvalue weighted by molar-refractivity contribution is 9.10. The van der Waals surface area contributed by atoms with Gasteiger partial charge in [-0.25, -0.2) is 14.6 Å². The maximum absolute atomic E-state index is 11.9. The number of aromatic nitrogens is 2. The second-order valence-corrected chi connectivity index (χ2v) is 5.97.